The Hall–Kier alpha value is -2.20. The van der Waals surface area contributed by atoms with Gasteiger partial charge in [0.1, 0.15) is 11.9 Å². The molecular formula is C19H24FN2O+. The van der Waals surface area contributed by atoms with Crippen LogP contribution in [0.5, 0.6) is 0 Å². The smallest absolute Gasteiger partial charge is 0.279 e. The van der Waals surface area contributed by atoms with E-state index < -0.39 is 0 Å². The van der Waals surface area contributed by atoms with Crippen molar-refractivity contribution in [1.29, 1.82) is 0 Å². The molecule has 2 aromatic carbocycles. The topological polar surface area (TPSA) is 45.7 Å². The summed E-state index contributed by atoms with van der Waals surface area (Å²) in [7, 11) is 0. The fourth-order valence-corrected chi connectivity index (χ4v) is 2.65. The lowest BCUT2D eigenvalue weighted by Crippen LogP contribution is -2.88. The van der Waals surface area contributed by atoms with Gasteiger partial charge in [0, 0.05) is 17.2 Å². The van der Waals surface area contributed by atoms with Crippen LogP contribution in [0.15, 0.2) is 48.5 Å². The monoisotopic (exact) mass is 315 g/mol. The van der Waals surface area contributed by atoms with Gasteiger partial charge in [-0.15, -0.1) is 0 Å². The van der Waals surface area contributed by atoms with E-state index in [1.807, 2.05) is 36.5 Å². The van der Waals surface area contributed by atoms with Crippen LogP contribution in [0.3, 0.4) is 0 Å². The molecule has 0 spiro atoms. The van der Waals surface area contributed by atoms with Crippen LogP contribution in [-0.4, -0.2) is 12.5 Å². The molecule has 0 aliphatic carbocycles. The summed E-state index contributed by atoms with van der Waals surface area (Å²) >= 11 is 0. The van der Waals surface area contributed by atoms with Crippen LogP contribution in [0.25, 0.3) is 0 Å². The number of quaternary nitrogens is 1. The number of nitrogens with one attached hydrogen (secondary N) is 1. The van der Waals surface area contributed by atoms with Gasteiger partial charge >= 0.3 is 0 Å². The fourth-order valence-electron chi connectivity index (χ4n) is 2.65. The van der Waals surface area contributed by atoms with Crippen molar-refractivity contribution in [3.8, 4) is 0 Å². The Morgan fingerprint density at radius 3 is 2.48 bits per heavy atom. The maximum Gasteiger partial charge on any atom is 0.279 e. The van der Waals surface area contributed by atoms with Crippen LogP contribution in [0.4, 0.5) is 10.1 Å². The second-order valence-electron chi connectivity index (χ2n) is 6.18. The summed E-state index contributed by atoms with van der Waals surface area (Å²) in [6.45, 7) is 6.52. The molecule has 4 heteroatoms. The van der Waals surface area contributed by atoms with E-state index in [4.69, 9.17) is 0 Å². The average Bonchev–Trinajstić information content (AvgIpc) is 2.49. The van der Waals surface area contributed by atoms with Gasteiger partial charge in [0.15, 0.2) is 6.54 Å². The zero-order valence-corrected chi connectivity index (χ0v) is 13.8. The maximum atomic E-state index is 13.1. The first-order valence-corrected chi connectivity index (χ1v) is 7.91. The van der Waals surface area contributed by atoms with Gasteiger partial charge in [-0.1, -0.05) is 38.1 Å². The molecule has 0 aromatic heterocycles. The first-order chi connectivity index (χ1) is 11.0. The molecule has 3 nitrogen and oxygen atoms in total. The molecule has 3 N–H and O–H groups in total. The third kappa shape index (κ3) is 5.18. The average molecular weight is 315 g/mol. The first kappa shape index (κ1) is 17.2. The lowest BCUT2D eigenvalue weighted by molar-refractivity contribution is -0.692. The molecule has 1 amide bonds. The molecule has 0 saturated carbocycles. The molecule has 0 saturated heterocycles. The minimum Gasteiger partial charge on any atom is -0.332 e. The molecular weight excluding hydrogens is 291 g/mol. The van der Waals surface area contributed by atoms with E-state index in [9.17, 15) is 9.18 Å². The third-order valence-corrected chi connectivity index (χ3v) is 3.83. The van der Waals surface area contributed by atoms with E-state index in [-0.39, 0.29) is 17.8 Å². The molecule has 0 radical (unpaired) electrons. The number of hydrogen-bond donors (Lipinski definition) is 2. The van der Waals surface area contributed by atoms with Crippen molar-refractivity contribution in [2.24, 2.45) is 5.92 Å². The van der Waals surface area contributed by atoms with Gasteiger partial charge in [-0.2, -0.15) is 0 Å². The highest BCUT2D eigenvalue weighted by molar-refractivity contribution is 5.91. The number of benzene rings is 2. The van der Waals surface area contributed by atoms with Crippen LogP contribution in [0, 0.1) is 18.7 Å². The van der Waals surface area contributed by atoms with Crippen molar-refractivity contribution >= 4 is 11.6 Å². The number of hydrogen-bond acceptors (Lipinski definition) is 1. The Kier molecular flexibility index (Phi) is 5.88. The van der Waals surface area contributed by atoms with Gasteiger partial charge in [0.05, 0.1) is 0 Å². The number of rotatable bonds is 6. The number of nitrogens with two attached hydrogens (primary N) is 1. The standard InChI is InChI=1S/C19H23FN2O/c1-13(2)19(15-7-9-16(20)10-8-15)21-12-18(23)22-17-6-4-5-14(3)11-17/h4-11,13,19,21H,12H2,1-3H3,(H,22,23)/p+1/t19-/m1/s1. The molecule has 2 aromatic rings. The van der Waals surface area contributed by atoms with Gasteiger partial charge < -0.3 is 10.6 Å². The van der Waals surface area contributed by atoms with E-state index in [0.717, 1.165) is 16.8 Å². The van der Waals surface area contributed by atoms with Crippen molar-refractivity contribution in [1.82, 2.24) is 0 Å². The Bertz CT molecular complexity index is 653. The number of halogens is 1. The summed E-state index contributed by atoms with van der Waals surface area (Å²) < 4.78 is 13.1. The Labute approximate surface area is 136 Å². The number of aryl methyl sites for hydroxylation is 1. The third-order valence-electron chi connectivity index (χ3n) is 3.83. The van der Waals surface area contributed by atoms with E-state index >= 15 is 0 Å². The highest BCUT2D eigenvalue weighted by Crippen LogP contribution is 2.17. The van der Waals surface area contributed by atoms with Gasteiger partial charge in [0.25, 0.3) is 5.91 Å². The van der Waals surface area contributed by atoms with Crippen LogP contribution in [0.1, 0.15) is 31.0 Å². The Morgan fingerprint density at radius 2 is 1.87 bits per heavy atom. The van der Waals surface area contributed by atoms with Gasteiger partial charge in [-0.3, -0.25) is 4.79 Å². The molecule has 0 aliphatic rings. The summed E-state index contributed by atoms with van der Waals surface area (Å²) in [5, 5.41) is 4.91. The minimum atomic E-state index is -0.242. The molecule has 122 valence electrons. The molecule has 23 heavy (non-hydrogen) atoms. The van der Waals surface area contributed by atoms with Crippen molar-refractivity contribution in [3.05, 3.63) is 65.5 Å². The minimum absolute atomic E-state index is 0.0386. The Balaban J connectivity index is 1.96. The second kappa shape index (κ2) is 7.88. The van der Waals surface area contributed by atoms with Crippen LogP contribution in [-0.2, 0) is 4.79 Å². The lowest BCUT2D eigenvalue weighted by atomic mass is 9.96. The summed E-state index contributed by atoms with van der Waals surface area (Å²) in [6.07, 6.45) is 0. The summed E-state index contributed by atoms with van der Waals surface area (Å²) in [5.41, 5.74) is 2.95. The zero-order valence-electron chi connectivity index (χ0n) is 13.8. The maximum absolute atomic E-state index is 13.1. The fraction of sp³-hybridized carbons (Fsp3) is 0.316. The lowest BCUT2D eigenvalue weighted by Gasteiger charge is -2.19. The highest BCUT2D eigenvalue weighted by atomic mass is 19.1. The van der Waals surface area contributed by atoms with Gasteiger partial charge in [-0.05, 0) is 36.8 Å². The number of anilines is 1. The van der Waals surface area contributed by atoms with E-state index in [1.54, 1.807) is 12.1 Å². The van der Waals surface area contributed by atoms with E-state index in [1.165, 1.54) is 12.1 Å². The quantitative estimate of drug-likeness (QED) is 0.845. The first-order valence-electron chi connectivity index (χ1n) is 7.91. The summed E-state index contributed by atoms with van der Waals surface area (Å²) in [5.74, 6) is 0.0593. The van der Waals surface area contributed by atoms with E-state index in [2.05, 4.69) is 19.2 Å². The van der Waals surface area contributed by atoms with Gasteiger partial charge in [-0.25, -0.2) is 4.39 Å². The van der Waals surface area contributed by atoms with Crippen LogP contribution < -0.4 is 10.6 Å². The van der Waals surface area contributed by atoms with Crippen molar-refractivity contribution in [2.75, 3.05) is 11.9 Å². The van der Waals surface area contributed by atoms with Crippen molar-refractivity contribution < 1.29 is 14.5 Å². The molecule has 0 fully saturated rings. The summed E-state index contributed by atoms with van der Waals surface area (Å²) in [6, 6.07) is 14.4. The molecule has 2 rings (SSSR count). The zero-order chi connectivity index (χ0) is 16.8. The normalized spacial score (nSPS) is 12.2. The SMILES string of the molecule is Cc1cccc(NC(=O)C[NH2+][C@@H](c2ccc(F)cc2)C(C)C)c1. The molecule has 0 aliphatic heterocycles. The molecule has 0 heterocycles. The molecule has 0 bridgehead atoms. The number of amides is 1. The van der Waals surface area contributed by atoms with E-state index in [0.29, 0.717) is 12.5 Å². The van der Waals surface area contributed by atoms with Crippen molar-refractivity contribution in [2.45, 2.75) is 26.8 Å². The van der Waals surface area contributed by atoms with Gasteiger partial charge in [0.2, 0.25) is 0 Å². The predicted octanol–water partition coefficient (Wildman–Crippen LogP) is 3.03. The van der Waals surface area contributed by atoms with Crippen molar-refractivity contribution in [3.63, 3.8) is 0 Å². The second-order valence-corrected chi connectivity index (χ2v) is 6.18. The largest absolute Gasteiger partial charge is 0.332 e. The Morgan fingerprint density at radius 1 is 1.17 bits per heavy atom. The van der Waals surface area contributed by atoms with Crippen LogP contribution in [0.2, 0.25) is 0 Å². The summed E-state index contributed by atoms with van der Waals surface area (Å²) in [4.78, 5) is 12.1. The number of carbonyl (C=O) groups excluding carboxylic acids is 1. The molecule has 0 unspecified atom stereocenters. The predicted molar refractivity (Wildman–Crippen MR) is 90.6 cm³/mol. The number of carbonyl (C=O) groups is 1. The highest BCUT2D eigenvalue weighted by Gasteiger charge is 2.20. The molecule has 1 atom stereocenters. The van der Waals surface area contributed by atoms with Crippen LogP contribution >= 0.6 is 0 Å².